The fourth-order valence-corrected chi connectivity index (χ4v) is 4.32. The first kappa shape index (κ1) is 23.4. The molecule has 0 radical (unpaired) electrons. The highest BCUT2D eigenvalue weighted by Gasteiger charge is 2.31. The normalized spacial score (nSPS) is 20.6. The lowest BCUT2D eigenvalue weighted by Gasteiger charge is -2.37. The number of rotatable bonds is 6. The average molecular weight is 438 g/mol. The van der Waals surface area contributed by atoms with E-state index < -0.39 is 18.5 Å². The number of halogens is 3. The average Bonchev–Trinajstić information content (AvgIpc) is 2.72. The Hall–Kier alpha value is -2.22. The zero-order valence-corrected chi connectivity index (χ0v) is 18.0. The van der Waals surface area contributed by atoms with Crippen molar-refractivity contribution in [3.63, 3.8) is 0 Å². The van der Waals surface area contributed by atoms with Crippen molar-refractivity contribution in [3.8, 4) is 0 Å². The molecular weight excluding hydrogens is 407 g/mol. The molecule has 2 fully saturated rings. The third-order valence-corrected chi connectivity index (χ3v) is 6.16. The van der Waals surface area contributed by atoms with Gasteiger partial charge in [0.2, 0.25) is 0 Å². The number of nitrogens with zero attached hydrogens (tertiary/aromatic N) is 3. The SMILES string of the molecule is CC(=O)c1cccc(N2CCN(CCC3CCC(=NC(=O)CC(F)(F)F)CC3)CC2)c1. The number of alkyl halides is 3. The highest BCUT2D eigenvalue weighted by molar-refractivity contribution is 5.96. The van der Waals surface area contributed by atoms with Crippen LogP contribution in [-0.2, 0) is 4.79 Å². The van der Waals surface area contributed by atoms with Crippen molar-refractivity contribution in [2.75, 3.05) is 37.6 Å². The van der Waals surface area contributed by atoms with Gasteiger partial charge in [-0.1, -0.05) is 12.1 Å². The highest BCUT2D eigenvalue weighted by atomic mass is 19.4. The van der Waals surface area contributed by atoms with Gasteiger partial charge < -0.3 is 4.90 Å². The molecule has 0 spiro atoms. The Morgan fingerprint density at radius 3 is 2.39 bits per heavy atom. The number of ketones is 1. The van der Waals surface area contributed by atoms with Crippen LogP contribution in [-0.4, -0.2) is 61.2 Å². The summed E-state index contributed by atoms with van der Waals surface area (Å²) in [6.45, 7) is 6.36. The Kier molecular flexibility index (Phi) is 7.86. The molecule has 1 amide bonds. The van der Waals surface area contributed by atoms with E-state index >= 15 is 0 Å². The molecule has 0 atom stereocenters. The second-order valence-corrected chi connectivity index (χ2v) is 8.53. The van der Waals surface area contributed by atoms with Crippen LogP contribution in [0.5, 0.6) is 0 Å². The molecule has 1 saturated heterocycles. The van der Waals surface area contributed by atoms with Gasteiger partial charge in [0, 0.05) is 43.1 Å². The second-order valence-electron chi connectivity index (χ2n) is 8.53. The number of hydrogen-bond donors (Lipinski definition) is 0. The van der Waals surface area contributed by atoms with Gasteiger partial charge in [-0.3, -0.25) is 14.5 Å². The lowest BCUT2D eigenvalue weighted by Crippen LogP contribution is -2.47. The third kappa shape index (κ3) is 7.45. The molecule has 5 nitrogen and oxygen atoms in total. The molecule has 170 valence electrons. The van der Waals surface area contributed by atoms with Crippen molar-refractivity contribution in [2.45, 2.75) is 51.6 Å². The monoisotopic (exact) mass is 437 g/mol. The lowest BCUT2D eigenvalue weighted by atomic mass is 9.85. The lowest BCUT2D eigenvalue weighted by molar-refractivity contribution is -0.151. The summed E-state index contributed by atoms with van der Waals surface area (Å²) in [5, 5.41) is 0. The van der Waals surface area contributed by atoms with E-state index in [0.717, 1.165) is 63.2 Å². The first-order valence-corrected chi connectivity index (χ1v) is 10.9. The zero-order valence-electron chi connectivity index (χ0n) is 18.0. The molecule has 1 aliphatic heterocycles. The number of carbonyl (C=O) groups is 2. The van der Waals surface area contributed by atoms with Crippen LogP contribution in [0.1, 0.15) is 55.8 Å². The van der Waals surface area contributed by atoms with Crippen LogP contribution in [0.4, 0.5) is 18.9 Å². The fourth-order valence-electron chi connectivity index (χ4n) is 4.32. The number of benzene rings is 1. The fraction of sp³-hybridized carbons (Fsp3) is 0.609. The molecule has 3 rings (SSSR count). The summed E-state index contributed by atoms with van der Waals surface area (Å²) < 4.78 is 36.8. The van der Waals surface area contributed by atoms with Crippen LogP contribution in [0.2, 0.25) is 0 Å². The third-order valence-electron chi connectivity index (χ3n) is 6.16. The van der Waals surface area contributed by atoms with Crippen molar-refractivity contribution in [1.82, 2.24) is 4.90 Å². The van der Waals surface area contributed by atoms with Crippen molar-refractivity contribution < 1.29 is 22.8 Å². The topological polar surface area (TPSA) is 53.0 Å². The maximum Gasteiger partial charge on any atom is 0.397 e. The summed E-state index contributed by atoms with van der Waals surface area (Å²) in [7, 11) is 0. The van der Waals surface area contributed by atoms with Crippen LogP contribution in [0.25, 0.3) is 0 Å². The smallest absolute Gasteiger partial charge is 0.369 e. The van der Waals surface area contributed by atoms with Gasteiger partial charge in [0.1, 0.15) is 6.42 Å². The van der Waals surface area contributed by atoms with Crippen LogP contribution in [0.3, 0.4) is 0 Å². The number of hydrogen-bond acceptors (Lipinski definition) is 4. The predicted octanol–water partition coefficient (Wildman–Crippen LogP) is 4.51. The van der Waals surface area contributed by atoms with Gasteiger partial charge in [0.05, 0.1) is 0 Å². The molecule has 0 unspecified atom stereocenters. The van der Waals surface area contributed by atoms with Gasteiger partial charge in [-0.15, -0.1) is 0 Å². The van der Waals surface area contributed by atoms with E-state index in [0.29, 0.717) is 24.5 Å². The van der Waals surface area contributed by atoms with Crippen LogP contribution >= 0.6 is 0 Å². The maximum atomic E-state index is 12.3. The van der Waals surface area contributed by atoms with Crippen molar-refractivity contribution >= 4 is 23.1 Å². The Morgan fingerprint density at radius 1 is 1.10 bits per heavy atom. The van der Waals surface area contributed by atoms with Gasteiger partial charge in [-0.2, -0.15) is 13.2 Å². The number of carbonyl (C=O) groups excluding carboxylic acids is 2. The predicted molar refractivity (Wildman–Crippen MR) is 115 cm³/mol. The van der Waals surface area contributed by atoms with Gasteiger partial charge >= 0.3 is 6.18 Å². The first-order valence-electron chi connectivity index (χ1n) is 10.9. The van der Waals surface area contributed by atoms with Crippen LogP contribution < -0.4 is 4.90 Å². The van der Waals surface area contributed by atoms with E-state index in [4.69, 9.17) is 0 Å². The van der Waals surface area contributed by atoms with Gasteiger partial charge in [-0.05, 0) is 63.6 Å². The standard InChI is InChI=1S/C23H30F3N3O2/c1-17(30)19-3-2-4-21(15-19)29-13-11-28(12-14-29)10-9-18-5-7-20(8-6-18)27-22(31)16-23(24,25)26/h2-4,15,18H,5-14,16H2,1H3. The molecule has 0 bridgehead atoms. The van der Waals surface area contributed by atoms with Crippen molar-refractivity contribution in [3.05, 3.63) is 29.8 Å². The molecule has 31 heavy (non-hydrogen) atoms. The molecule has 1 aromatic rings. The minimum absolute atomic E-state index is 0.0749. The largest absolute Gasteiger partial charge is 0.397 e. The molecule has 0 aromatic heterocycles. The summed E-state index contributed by atoms with van der Waals surface area (Å²) in [5.41, 5.74) is 2.44. The minimum atomic E-state index is -4.49. The Labute approximate surface area is 181 Å². The Bertz CT molecular complexity index is 805. The molecule has 0 N–H and O–H groups in total. The Morgan fingerprint density at radius 2 is 1.77 bits per heavy atom. The molecule has 8 heteroatoms. The second kappa shape index (κ2) is 10.4. The number of aliphatic imine (C=N–C) groups is 1. The zero-order chi connectivity index (χ0) is 22.4. The van der Waals surface area contributed by atoms with E-state index in [1.165, 1.54) is 0 Å². The van der Waals surface area contributed by atoms with E-state index in [2.05, 4.69) is 14.8 Å². The highest BCUT2D eigenvalue weighted by Crippen LogP contribution is 2.27. The van der Waals surface area contributed by atoms with Crippen molar-refractivity contribution in [2.24, 2.45) is 10.9 Å². The number of amides is 1. The summed E-state index contributed by atoms with van der Waals surface area (Å²) in [6.07, 6.45) is -1.89. The molecule has 2 aliphatic rings. The molecular formula is C23H30F3N3O2. The first-order chi connectivity index (χ1) is 14.7. The number of Topliss-reactive ketones (excluding diaryl/α,β-unsaturated/α-hetero) is 1. The summed E-state index contributed by atoms with van der Waals surface area (Å²) >= 11 is 0. The van der Waals surface area contributed by atoms with E-state index in [1.54, 1.807) is 6.92 Å². The van der Waals surface area contributed by atoms with Gasteiger partial charge in [-0.25, -0.2) is 4.99 Å². The molecule has 1 saturated carbocycles. The molecule has 1 aliphatic carbocycles. The van der Waals surface area contributed by atoms with E-state index in [1.807, 2.05) is 24.3 Å². The van der Waals surface area contributed by atoms with E-state index in [9.17, 15) is 22.8 Å². The van der Waals surface area contributed by atoms with Gasteiger partial charge in [0.25, 0.3) is 5.91 Å². The minimum Gasteiger partial charge on any atom is -0.369 e. The molecule has 1 heterocycles. The quantitative estimate of drug-likeness (QED) is 0.615. The van der Waals surface area contributed by atoms with Crippen molar-refractivity contribution in [1.29, 1.82) is 0 Å². The van der Waals surface area contributed by atoms with E-state index in [-0.39, 0.29) is 5.78 Å². The number of piperazine rings is 1. The Balaban J connectivity index is 1.38. The summed E-state index contributed by atoms with van der Waals surface area (Å²) in [4.78, 5) is 31.4. The van der Waals surface area contributed by atoms with Crippen LogP contribution in [0, 0.1) is 5.92 Å². The van der Waals surface area contributed by atoms with Gasteiger partial charge in [0.15, 0.2) is 5.78 Å². The number of anilines is 1. The van der Waals surface area contributed by atoms with Crippen LogP contribution in [0.15, 0.2) is 29.3 Å². The molecule has 1 aromatic carbocycles. The summed E-state index contributed by atoms with van der Waals surface area (Å²) in [6, 6.07) is 7.77. The maximum absolute atomic E-state index is 12.3. The summed E-state index contributed by atoms with van der Waals surface area (Å²) in [5.74, 6) is -0.472.